The maximum Gasteiger partial charge on any atom is 0.410 e. The molecule has 2 rings (SSSR count). The zero-order chi connectivity index (χ0) is 19.3. The van der Waals surface area contributed by atoms with Gasteiger partial charge in [0.1, 0.15) is 5.60 Å². The molecule has 1 N–H and O–H groups in total. The molecule has 1 aromatic heterocycles. The van der Waals surface area contributed by atoms with Gasteiger partial charge in [0.15, 0.2) is 0 Å². The van der Waals surface area contributed by atoms with Crippen molar-refractivity contribution in [2.75, 3.05) is 12.4 Å². The fraction of sp³-hybridized carbons (Fsp3) is 0.316. The summed E-state index contributed by atoms with van der Waals surface area (Å²) in [5.41, 5.74) is 0.967. The highest BCUT2D eigenvalue weighted by atomic mass is 19.1. The zero-order valence-corrected chi connectivity index (χ0v) is 15.2. The van der Waals surface area contributed by atoms with Gasteiger partial charge in [0.25, 0.3) is 5.91 Å². The Kier molecular flexibility index (Phi) is 5.92. The van der Waals surface area contributed by atoms with Crippen LogP contribution in [0.1, 0.15) is 36.7 Å². The van der Waals surface area contributed by atoms with Gasteiger partial charge < -0.3 is 15.0 Å². The Balaban J connectivity index is 2.03. The lowest BCUT2D eigenvalue weighted by atomic mass is 10.1. The van der Waals surface area contributed by atoms with E-state index < -0.39 is 23.5 Å². The number of aromatic nitrogens is 1. The minimum atomic E-state index is -0.717. The first kappa shape index (κ1) is 19.4. The van der Waals surface area contributed by atoms with E-state index in [0.717, 1.165) is 11.6 Å². The molecule has 7 heteroatoms. The molecule has 0 saturated carbocycles. The third kappa shape index (κ3) is 5.84. The Labute approximate surface area is 152 Å². The number of nitrogens with one attached hydrogen (secondary N) is 1. The first-order valence-electron chi connectivity index (χ1n) is 8.10. The molecule has 138 valence electrons. The van der Waals surface area contributed by atoms with Crippen molar-refractivity contribution >= 4 is 17.7 Å². The van der Waals surface area contributed by atoms with Crippen LogP contribution < -0.4 is 5.32 Å². The Morgan fingerprint density at radius 3 is 2.62 bits per heavy atom. The Bertz CT molecular complexity index is 803. The lowest BCUT2D eigenvalue weighted by molar-refractivity contribution is 0.0285. The quantitative estimate of drug-likeness (QED) is 0.842. The van der Waals surface area contributed by atoms with E-state index in [-0.39, 0.29) is 5.56 Å². The molecule has 0 radical (unpaired) electrons. The van der Waals surface area contributed by atoms with Gasteiger partial charge in [-0.3, -0.25) is 4.79 Å². The van der Waals surface area contributed by atoms with Crippen molar-refractivity contribution in [1.82, 2.24) is 9.88 Å². The summed E-state index contributed by atoms with van der Waals surface area (Å²) in [5, 5.41) is 2.70. The molecule has 1 aromatic carbocycles. The Morgan fingerprint density at radius 1 is 1.23 bits per heavy atom. The molecule has 0 aliphatic carbocycles. The lowest BCUT2D eigenvalue weighted by Crippen LogP contribution is -2.33. The van der Waals surface area contributed by atoms with Crippen LogP contribution in [0.5, 0.6) is 0 Å². The summed E-state index contributed by atoms with van der Waals surface area (Å²) >= 11 is 0. The minimum Gasteiger partial charge on any atom is -0.444 e. The molecule has 0 aliphatic rings. The fourth-order valence-electron chi connectivity index (χ4n) is 2.17. The number of amides is 2. The van der Waals surface area contributed by atoms with Crippen molar-refractivity contribution in [3.05, 3.63) is 59.7 Å². The first-order chi connectivity index (χ1) is 12.1. The average molecular weight is 359 g/mol. The van der Waals surface area contributed by atoms with Gasteiger partial charge in [-0.2, -0.15) is 4.39 Å². The molecule has 0 fully saturated rings. The Hall–Kier alpha value is -2.96. The summed E-state index contributed by atoms with van der Waals surface area (Å²) in [4.78, 5) is 29.1. The highest BCUT2D eigenvalue weighted by molar-refractivity contribution is 6.04. The van der Waals surface area contributed by atoms with Crippen molar-refractivity contribution in [2.45, 2.75) is 32.9 Å². The smallest absolute Gasteiger partial charge is 0.410 e. The van der Waals surface area contributed by atoms with Crippen molar-refractivity contribution < 1.29 is 18.7 Å². The molecule has 0 unspecified atom stereocenters. The van der Waals surface area contributed by atoms with Gasteiger partial charge in [-0.15, -0.1) is 0 Å². The van der Waals surface area contributed by atoms with E-state index in [0.29, 0.717) is 12.2 Å². The summed E-state index contributed by atoms with van der Waals surface area (Å²) in [5.74, 6) is -1.16. The van der Waals surface area contributed by atoms with Gasteiger partial charge in [0.2, 0.25) is 5.95 Å². The summed E-state index contributed by atoms with van der Waals surface area (Å²) < 4.78 is 18.4. The maximum absolute atomic E-state index is 13.1. The molecular formula is C19H22FN3O3. The van der Waals surface area contributed by atoms with Crippen LogP contribution in [0.2, 0.25) is 0 Å². The standard InChI is InChI=1S/C19H22FN3O3/c1-19(2,3)26-18(25)23(4)12-13-6-5-7-15(10-13)22-17(24)14-8-9-21-16(20)11-14/h5-11H,12H2,1-4H3,(H,22,24). The number of carbonyl (C=O) groups is 2. The van der Waals surface area contributed by atoms with Gasteiger partial charge in [-0.05, 0) is 44.5 Å². The molecule has 1 heterocycles. The predicted octanol–water partition coefficient (Wildman–Crippen LogP) is 3.84. The van der Waals surface area contributed by atoms with Crippen molar-refractivity contribution in [3.63, 3.8) is 0 Å². The largest absolute Gasteiger partial charge is 0.444 e. The number of anilines is 1. The molecule has 6 nitrogen and oxygen atoms in total. The number of nitrogens with zero attached hydrogens (tertiary/aromatic N) is 2. The predicted molar refractivity (Wildman–Crippen MR) is 96.3 cm³/mol. The van der Waals surface area contributed by atoms with Crippen molar-refractivity contribution in [1.29, 1.82) is 0 Å². The molecular weight excluding hydrogens is 337 g/mol. The van der Waals surface area contributed by atoms with Crippen LogP contribution in [-0.4, -0.2) is 34.5 Å². The van der Waals surface area contributed by atoms with E-state index in [9.17, 15) is 14.0 Å². The molecule has 0 bridgehead atoms. The van der Waals surface area contributed by atoms with Crippen molar-refractivity contribution in [3.8, 4) is 0 Å². The topological polar surface area (TPSA) is 71.5 Å². The second-order valence-corrected chi connectivity index (χ2v) is 6.86. The van der Waals surface area contributed by atoms with E-state index >= 15 is 0 Å². The third-order valence-corrected chi connectivity index (χ3v) is 3.30. The van der Waals surface area contributed by atoms with Crippen LogP contribution in [0.15, 0.2) is 42.6 Å². The molecule has 0 saturated heterocycles. The summed E-state index contributed by atoms with van der Waals surface area (Å²) in [6, 6.07) is 9.56. The molecule has 0 atom stereocenters. The number of rotatable bonds is 4. The highest BCUT2D eigenvalue weighted by Crippen LogP contribution is 2.15. The SMILES string of the molecule is CN(Cc1cccc(NC(=O)c2ccnc(F)c2)c1)C(=O)OC(C)(C)C. The van der Waals surface area contributed by atoms with Crippen LogP contribution >= 0.6 is 0 Å². The summed E-state index contributed by atoms with van der Waals surface area (Å²) in [6.07, 6.45) is 0.801. The number of hydrogen-bond donors (Lipinski definition) is 1. The lowest BCUT2D eigenvalue weighted by Gasteiger charge is -2.24. The van der Waals surface area contributed by atoms with Gasteiger partial charge >= 0.3 is 6.09 Å². The number of pyridine rings is 1. The number of halogens is 1. The van der Waals surface area contributed by atoms with Gasteiger partial charge in [0, 0.05) is 37.1 Å². The van der Waals surface area contributed by atoms with E-state index in [2.05, 4.69) is 10.3 Å². The Morgan fingerprint density at radius 2 is 1.96 bits per heavy atom. The molecule has 0 spiro atoms. The number of hydrogen-bond acceptors (Lipinski definition) is 4. The molecule has 2 amide bonds. The monoisotopic (exact) mass is 359 g/mol. The van der Waals surface area contributed by atoms with Gasteiger partial charge in [-0.25, -0.2) is 9.78 Å². The van der Waals surface area contributed by atoms with Crippen LogP contribution in [0.4, 0.5) is 14.9 Å². The highest BCUT2D eigenvalue weighted by Gasteiger charge is 2.19. The number of benzene rings is 1. The fourth-order valence-corrected chi connectivity index (χ4v) is 2.17. The van der Waals surface area contributed by atoms with Crippen LogP contribution in [0.25, 0.3) is 0 Å². The van der Waals surface area contributed by atoms with Crippen molar-refractivity contribution in [2.24, 2.45) is 0 Å². The maximum atomic E-state index is 13.1. The van der Waals surface area contributed by atoms with E-state index in [1.807, 2.05) is 6.07 Å². The summed E-state index contributed by atoms with van der Waals surface area (Å²) in [6.45, 7) is 5.73. The first-order valence-corrected chi connectivity index (χ1v) is 8.10. The van der Waals surface area contributed by atoms with E-state index in [1.54, 1.807) is 46.0 Å². The second-order valence-electron chi connectivity index (χ2n) is 6.86. The third-order valence-electron chi connectivity index (χ3n) is 3.30. The zero-order valence-electron chi connectivity index (χ0n) is 15.2. The minimum absolute atomic E-state index is 0.175. The molecule has 26 heavy (non-hydrogen) atoms. The van der Waals surface area contributed by atoms with E-state index in [4.69, 9.17) is 4.74 Å². The van der Waals surface area contributed by atoms with Crippen LogP contribution in [-0.2, 0) is 11.3 Å². The second kappa shape index (κ2) is 7.95. The van der Waals surface area contributed by atoms with E-state index in [1.165, 1.54) is 17.2 Å². The summed E-state index contributed by atoms with van der Waals surface area (Å²) in [7, 11) is 1.64. The normalized spacial score (nSPS) is 11.0. The van der Waals surface area contributed by atoms with Gasteiger partial charge in [-0.1, -0.05) is 12.1 Å². The number of ether oxygens (including phenoxy) is 1. The molecule has 0 aliphatic heterocycles. The molecule has 2 aromatic rings. The number of carbonyl (C=O) groups excluding carboxylic acids is 2. The average Bonchev–Trinajstić information content (AvgIpc) is 2.53. The van der Waals surface area contributed by atoms with Crippen LogP contribution in [0, 0.1) is 5.95 Å². The van der Waals surface area contributed by atoms with Gasteiger partial charge in [0.05, 0.1) is 0 Å². The van der Waals surface area contributed by atoms with Crippen LogP contribution in [0.3, 0.4) is 0 Å².